The molecular formula is C9H16O7S. The van der Waals surface area contributed by atoms with Crippen molar-refractivity contribution in [2.45, 2.75) is 44.2 Å². The summed E-state index contributed by atoms with van der Waals surface area (Å²) in [5.74, 6) is -0.852. The van der Waals surface area contributed by atoms with Crippen LogP contribution in [0.4, 0.5) is 0 Å². The van der Waals surface area contributed by atoms with Gasteiger partial charge in [0.2, 0.25) is 0 Å². The number of hydrogen-bond donors (Lipinski definition) is 1. The number of aliphatic hydroxyl groups excluding tert-OH is 1. The van der Waals surface area contributed by atoms with Crippen LogP contribution in [0.1, 0.15) is 13.8 Å². The number of rotatable bonds is 3. The number of aliphatic hydroxyl groups is 1. The molecule has 0 saturated carbocycles. The molecular weight excluding hydrogens is 252 g/mol. The summed E-state index contributed by atoms with van der Waals surface area (Å²) >= 11 is 0. The summed E-state index contributed by atoms with van der Waals surface area (Å²) in [5.41, 5.74) is 0. The quantitative estimate of drug-likeness (QED) is 0.670. The molecule has 2 heterocycles. The molecule has 0 radical (unpaired) electrons. The van der Waals surface area contributed by atoms with Crippen LogP contribution in [0.2, 0.25) is 0 Å². The van der Waals surface area contributed by atoms with Crippen molar-refractivity contribution < 1.29 is 31.9 Å². The first-order chi connectivity index (χ1) is 7.72. The fourth-order valence-electron chi connectivity index (χ4n) is 2.01. The van der Waals surface area contributed by atoms with Gasteiger partial charge in [0.1, 0.15) is 18.3 Å². The van der Waals surface area contributed by atoms with E-state index in [9.17, 15) is 8.42 Å². The second-order valence-electron chi connectivity index (χ2n) is 4.59. The van der Waals surface area contributed by atoms with Crippen molar-refractivity contribution in [1.29, 1.82) is 0 Å². The Hall–Kier alpha value is -0.250. The van der Waals surface area contributed by atoms with Gasteiger partial charge in [0, 0.05) is 0 Å². The van der Waals surface area contributed by atoms with Crippen LogP contribution >= 0.6 is 0 Å². The molecule has 4 atom stereocenters. The lowest BCUT2D eigenvalue weighted by Gasteiger charge is -2.23. The average Bonchev–Trinajstić information content (AvgIpc) is 2.58. The lowest BCUT2D eigenvalue weighted by Crippen LogP contribution is -2.39. The fourth-order valence-corrected chi connectivity index (χ4v) is 2.65. The summed E-state index contributed by atoms with van der Waals surface area (Å²) in [6.07, 6.45) is -2.08. The van der Waals surface area contributed by atoms with Gasteiger partial charge in [-0.15, -0.1) is 0 Å². The standard InChI is InChI=1S/C9H16O7S/c1-9(2)14-7-6(16-17(3,11)12)5(4-10)13-8(7)15-9/h5-8,10H,4H2,1-3H3/t5?,6?,7-,8-/m1/s1. The number of ether oxygens (including phenoxy) is 3. The van der Waals surface area contributed by atoms with Gasteiger partial charge in [0.15, 0.2) is 12.1 Å². The zero-order chi connectivity index (χ0) is 12.8. The minimum absolute atomic E-state index is 0.361. The van der Waals surface area contributed by atoms with Gasteiger partial charge in [-0.1, -0.05) is 0 Å². The molecule has 0 bridgehead atoms. The minimum Gasteiger partial charge on any atom is -0.394 e. The summed E-state index contributed by atoms with van der Waals surface area (Å²) in [6, 6.07) is 0. The maximum absolute atomic E-state index is 11.1. The van der Waals surface area contributed by atoms with Crippen LogP contribution in [-0.4, -0.2) is 56.8 Å². The average molecular weight is 268 g/mol. The van der Waals surface area contributed by atoms with Crippen molar-refractivity contribution in [3.63, 3.8) is 0 Å². The monoisotopic (exact) mass is 268 g/mol. The molecule has 17 heavy (non-hydrogen) atoms. The molecule has 2 saturated heterocycles. The molecule has 2 aliphatic heterocycles. The van der Waals surface area contributed by atoms with Crippen molar-refractivity contribution in [2.75, 3.05) is 12.9 Å². The van der Waals surface area contributed by atoms with E-state index in [1.54, 1.807) is 13.8 Å². The van der Waals surface area contributed by atoms with E-state index in [2.05, 4.69) is 0 Å². The van der Waals surface area contributed by atoms with Gasteiger partial charge in [-0.2, -0.15) is 8.42 Å². The van der Waals surface area contributed by atoms with Gasteiger partial charge < -0.3 is 19.3 Å². The summed E-state index contributed by atoms with van der Waals surface area (Å²) in [7, 11) is -3.65. The van der Waals surface area contributed by atoms with Crippen LogP contribution in [0, 0.1) is 0 Å². The van der Waals surface area contributed by atoms with Crippen LogP contribution in [0.15, 0.2) is 0 Å². The Morgan fingerprint density at radius 2 is 2.00 bits per heavy atom. The van der Waals surface area contributed by atoms with Crippen LogP contribution in [0.25, 0.3) is 0 Å². The number of hydrogen-bond acceptors (Lipinski definition) is 7. The Bertz CT molecular complexity index is 390. The molecule has 2 aliphatic rings. The fraction of sp³-hybridized carbons (Fsp3) is 1.00. The zero-order valence-electron chi connectivity index (χ0n) is 9.82. The minimum atomic E-state index is -3.65. The number of fused-ring (bicyclic) bond motifs is 1. The van der Waals surface area contributed by atoms with E-state index in [0.29, 0.717) is 0 Å². The van der Waals surface area contributed by atoms with E-state index in [1.807, 2.05) is 0 Å². The zero-order valence-corrected chi connectivity index (χ0v) is 10.6. The van der Waals surface area contributed by atoms with Gasteiger partial charge in [-0.25, -0.2) is 0 Å². The molecule has 0 aliphatic carbocycles. The molecule has 0 aromatic rings. The Balaban J connectivity index is 2.16. The van der Waals surface area contributed by atoms with E-state index in [-0.39, 0.29) is 6.61 Å². The molecule has 0 amide bonds. The molecule has 2 unspecified atom stereocenters. The van der Waals surface area contributed by atoms with Crippen molar-refractivity contribution in [3.8, 4) is 0 Å². The highest BCUT2D eigenvalue weighted by molar-refractivity contribution is 7.86. The van der Waals surface area contributed by atoms with Crippen molar-refractivity contribution >= 4 is 10.1 Å². The molecule has 2 rings (SSSR count). The molecule has 1 N–H and O–H groups in total. The molecule has 7 nitrogen and oxygen atoms in total. The Kier molecular flexibility index (Phi) is 3.22. The highest BCUT2D eigenvalue weighted by Gasteiger charge is 2.56. The van der Waals surface area contributed by atoms with E-state index in [4.69, 9.17) is 23.5 Å². The van der Waals surface area contributed by atoms with Crippen LogP contribution < -0.4 is 0 Å². The van der Waals surface area contributed by atoms with Crippen LogP contribution in [0.5, 0.6) is 0 Å². The Morgan fingerprint density at radius 1 is 1.35 bits per heavy atom. The summed E-state index contributed by atoms with van der Waals surface area (Å²) in [4.78, 5) is 0. The highest BCUT2D eigenvalue weighted by atomic mass is 32.2. The summed E-state index contributed by atoms with van der Waals surface area (Å²) in [5, 5.41) is 9.11. The molecule has 100 valence electrons. The predicted molar refractivity (Wildman–Crippen MR) is 55.5 cm³/mol. The second kappa shape index (κ2) is 4.15. The predicted octanol–water partition coefficient (Wildman–Crippen LogP) is -0.800. The van der Waals surface area contributed by atoms with E-state index >= 15 is 0 Å². The summed E-state index contributed by atoms with van der Waals surface area (Å²) < 4.78 is 43.5. The van der Waals surface area contributed by atoms with E-state index in [1.165, 1.54) is 0 Å². The lowest BCUT2D eigenvalue weighted by molar-refractivity contribution is -0.216. The first-order valence-electron chi connectivity index (χ1n) is 5.22. The third-order valence-corrected chi connectivity index (χ3v) is 3.12. The first-order valence-corrected chi connectivity index (χ1v) is 7.04. The Morgan fingerprint density at radius 3 is 2.53 bits per heavy atom. The van der Waals surface area contributed by atoms with Gasteiger partial charge in [-0.3, -0.25) is 4.18 Å². The van der Waals surface area contributed by atoms with Crippen LogP contribution in [-0.2, 0) is 28.5 Å². The SMILES string of the molecule is CC1(C)O[C@H]2OC(CO)C(OS(C)(=O)=O)[C@H]2O1. The van der Waals surface area contributed by atoms with Crippen molar-refractivity contribution in [1.82, 2.24) is 0 Å². The maximum Gasteiger partial charge on any atom is 0.264 e. The molecule has 8 heteroatoms. The third kappa shape index (κ3) is 2.78. The van der Waals surface area contributed by atoms with E-state index in [0.717, 1.165) is 6.26 Å². The van der Waals surface area contributed by atoms with Crippen molar-refractivity contribution in [2.24, 2.45) is 0 Å². The van der Waals surface area contributed by atoms with Gasteiger partial charge in [0.25, 0.3) is 10.1 Å². The van der Waals surface area contributed by atoms with Gasteiger partial charge >= 0.3 is 0 Å². The second-order valence-corrected chi connectivity index (χ2v) is 6.19. The smallest absolute Gasteiger partial charge is 0.264 e. The molecule has 0 aromatic carbocycles. The summed E-state index contributed by atoms with van der Waals surface area (Å²) in [6.45, 7) is 3.03. The third-order valence-electron chi connectivity index (χ3n) is 2.55. The molecule has 0 aromatic heterocycles. The Labute approximate surface area is 99.7 Å². The van der Waals surface area contributed by atoms with Crippen molar-refractivity contribution in [3.05, 3.63) is 0 Å². The highest BCUT2D eigenvalue weighted by Crippen LogP contribution is 2.38. The molecule has 2 fully saturated rings. The van der Waals surface area contributed by atoms with E-state index < -0.39 is 40.5 Å². The normalized spacial score (nSPS) is 40.5. The lowest BCUT2D eigenvalue weighted by atomic mass is 10.1. The van der Waals surface area contributed by atoms with Gasteiger partial charge in [-0.05, 0) is 13.8 Å². The molecule has 0 spiro atoms. The first kappa shape index (κ1) is 13.2. The topological polar surface area (TPSA) is 91.3 Å². The van der Waals surface area contributed by atoms with Gasteiger partial charge in [0.05, 0.1) is 12.9 Å². The maximum atomic E-state index is 11.1. The largest absolute Gasteiger partial charge is 0.394 e. The van der Waals surface area contributed by atoms with Crippen LogP contribution in [0.3, 0.4) is 0 Å².